The molecule has 0 bridgehead atoms. The highest BCUT2D eigenvalue weighted by Gasteiger charge is 2.48. The van der Waals surface area contributed by atoms with Gasteiger partial charge in [-0.3, -0.25) is 9.59 Å². The summed E-state index contributed by atoms with van der Waals surface area (Å²) in [7, 11) is 0. The number of aliphatic carboxylic acids is 1. The van der Waals surface area contributed by atoms with Crippen molar-refractivity contribution in [3.63, 3.8) is 0 Å². The average molecular weight is 240 g/mol. The fraction of sp³-hybridized carbons (Fsp3) is 0.833. The molecule has 2 fully saturated rings. The Morgan fingerprint density at radius 3 is 2.41 bits per heavy atom. The maximum atomic E-state index is 12.3. The van der Waals surface area contributed by atoms with Crippen molar-refractivity contribution in [1.82, 2.24) is 4.90 Å². The van der Waals surface area contributed by atoms with E-state index in [4.69, 9.17) is 10.8 Å². The maximum absolute atomic E-state index is 12.3. The van der Waals surface area contributed by atoms with Crippen LogP contribution in [-0.4, -0.2) is 41.5 Å². The van der Waals surface area contributed by atoms with Crippen molar-refractivity contribution in [3.05, 3.63) is 0 Å². The van der Waals surface area contributed by atoms with Crippen LogP contribution in [0.5, 0.6) is 0 Å². The van der Waals surface area contributed by atoms with Crippen LogP contribution < -0.4 is 5.73 Å². The van der Waals surface area contributed by atoms with Crippen molar-refractivity contribution in [2.75, 3.05) is 19.6 Å². The van der Waals surface area contributed by atoms with Crippen LogP contribution in [0.1, 0.15) is 26.2 Å². The topological polar surface area (TPSA) is 83.6 Å². The van der Waals surface area contributed by atoms with Crippen LogP contribution in [0.2, 0.25) is 0 Å². The Bertz CT molecular complexity index is 333. The van der Waals surface area contributed by atoms with Gasteiger partial charge in [-0.15, -0.1) is 0 Å². The van der Waals surface area contributed by atoms with Gasteiger partial charge in [-0.25, -0.2) is 0 Å². The highest BCUT2D eigenvalue weighted by Crippen LogP contribution is 2.42. The van der Waals surface area contributed by atoms with Gasteiger partial charge in [-0.1, -0.05) is 13.3 Å². The summed E-state index contributed by atoms with van der Waals surface area (Å²) in [5, 5.41) is 9.05. The number of hydrogen-bond donors (Lipinski definition) is 2. The van der Waals surface area contributed by atoms with Crippen LogP contribution in [0.25, 0.3) is 0 Å². The Balaban J connectivity index is 2.05. The molecule has 5 heteroatoms. The zero-order valence-electron chi connectivity index (χ0n) is 10.2. The molecular weight excluding hydrogens is 220 g/mol. The van der Waals surface area contributed by atoms with Gasteiger partial charge in [0.2, 0.25) is 5.91 Å². The van der Waals surface area contributed by atoms with Crippen LogP contribution >= 0.6 is 0 Å². The van der Waals surface area contributed by atoms with Gasteiger partial charge in [-0.2, -0.15) is 0 Å². The van der Waals surface area contributed by atoms with Crippen LogP contribution in [0, 0.1) is 17.3 Å². The monoisotopic (exact) mass is 240 g/mol. The third-order valence-corrected chi connectivity index (χ3v) is 4.37. The van der Waals surface area contributed by atoms with Gasteiger partial charge < -0.3 is 15.7 Å². The normalized spacial score (nSPS) is 31.1. The molecule has 0 aromatic rings. The van der Waals surface area contributed by atoms with Crippen LogP contribution in [0.4, 0.5) is 0 Å². The Labute approximate surface area is 101 Å². The predicted molar refractivity (Wildman–Crippen MR) is 62.2 cm³/mol. The number of hydrogen-bond acceptors (Lipinski definition) is 3. The Hall–Kier alpha value is -1.10. The number of rotatable bonds is 3. The summed E-state index contributed by atoms with van der Waals surface area (Å²) in [6.07, 6.45) is 2.75. The second-order valence-corrected chi connectivity index (χ2v) is 5.47. The summed E-state index contributed by atoms with van der Waals surface area (Å²) in [6, 6.07) is 0. The number of carbonyl (C=O) groups excluding carboxylic acids is 1. The van der Waals surface area contributed by atoms with Crippen LogP contribution in [0.3, 0.4) is 0 Å². The molecule has 1 heterocycles. The van der Waals surface area contributed by atoms with Gasteiger partial charge in [0.15, 0.2) is 0 Å². The number of carboxylic acids is 1. The minimum Gasteiger partial charge on any atom is -0.481 e. The van der Waals surface area contributed by atoms with E-state index in [1.165, 1.54) is 0 Å². The summed E-state index contributed by atoms with van der Waals surface area (Å²) >= 11 is 0. The molecule has 0 radical (unpaired) electrons. The summed E-state index contributed by atoms with van der Waals surface area (Å²) < 4.78 is 0. The molecule has 0 unspecified atom stereocenters. The molecule has 1 amide bonds. The largest absolute Gasteiger partial charge is 0.481 e. The predicted octanol–water partition coefficient (Wildman–Crippen LogP) is 0.294. The lowest BCUT2D eigenvalue weighted by atomic mass is 9.68. The van der Waals surface area contributed by atoms with Crippen LogP contribution in [0.15, 0.2) is 0 Å². The number of carboxylic acid groups (broad SMARTS) is 1. The molecule has 2 rings (SSSR count). The van der Waals surface area contributed by atoms with Gasteiger partial charge in [0.05, 0.1) is 11.3 Å². The van der Waals surface area contributed by atoms with Crippen molar-refractivity contribution >= 4 is 11.9 Å². The first-order valence-electron chi connectivity index (χ1n) is 6.22. The third-order valence-electron chi connectivity index (χ3n) is 4.37. The molecular formula is C12H20N2O3. The molecule has 96 valence electrons. The van der Waals surface area contributed by atoms with E-state index in [0.29, 0.717) is 19.6 Å². The Morgan fingerprint density at radius 2 is 2.06 bits per heavy atom. The first kappa shape index (κ1) is 12.4. The van der Waals surface area contributed by atoms with E-state index in [1.807, 2.05) is 6.92 Å². The lowest BCUT2D eigenvalue weighted by molar-refractivity contribution is -0.146. The van der Waals surface area contributed by atoms with Gasteiger partial charge in [-0.05, 0) is 18.8 Å². The summed E-state index contributed by atoms with van der Waals surface area (Å²) in [5.41, 5.74) is 5.32. The zero-order valence-corrected chi connectivity index (χ0v) is 10.2. The molecule has 5 nitrogen and oxygen atoms in total. The molecule has 1 saturated carbocycles. The van der Waals surface area contributed by atoms with Gasteiger partial charge in [0, 0.05) is 19.6 Å². The van der Waals surface area contributed by atoms with Crippen molar-refractivity contribution < 1.29 is 14.7 Å². The van der Waals surface area contributed by atoms with E-state index in [1.54, 1.807) is 4.90 Å². The Kier molecular flexibility index (Phi) is 3.12. The number of likely N-dealkylation sites (tertiary alicyclic amines) is 1. The van der Waals surface area contributed by atoms with E-state index >= 15 is 0 Å². The summed E-state index contributed by atoms with van der Waals surface area (Å²) in [5.74, 6) is -1.12. The number of carbonyl (C=O) groups is 2. The Morgan fingerprint density at radius 1 is 1.41 bits per heavy atom. The standard InChI is InChI=1S/C12H20N2O3/c1-8-5-14(6-9(8)10(15)16)11(17)12(7-13)3-2-4-12/h8-9H,2-7,13H2,1H3,(H,15,16)/t8-,9-/m1/s1. The smallest absolute Gasteiger partial charge is 0.308 e. The highest BCUT2D eigenvalue weighted by atomic mass is 16.4. The highest BCUT2D eigenvalue weighted by molar-refractivity contribution is 5.85. The zero-order chi connectivity index (χ0) is 12.6. The minimum absolute atomic E-state index is 0.0337. The van der Waals surface area contributed by atoms with E-state index in [9.17, 15) is 9.59 Å². The lowest BCUT2D eigenvalue weighted by Crippen LogP contribution is -2.51. The average Bonchev–Trinajstić information content (AvgIpc) is 2.59. The van der Waals surface area contributed by atoms with E-state index in [0.717, 1.165) is 19.3 Å². The second kappa shape index (κ2) is 4.29. The molecule has 0 aromatic carbocycles. The van der Waals surface area contributed by atoms with Crippen molar-refractivity contribution in [2.45, 2.75) is 26.2 Å². The number of amides is 1. The summed E-state index contributed by atoms with van der Waals surface area (Å²) in [4.78, 5) is 25.1. The molecule has 3 N–H and O–H groups in total. The SMILES string of the molecule is C[C@@H]1CN(C(=O)C2(CN)CCC2)C[C@H]1C(=O)O. The second-order valence-electron chi connectivity index (χ2n) is 5.47. The number of nitrogens with zero attached hydrogens (tertiary/aromatic N) is 1. The van der Waals surface area contributed by atoms with Gasteiger partial charge in [0.25, 0.3) is 0 Å². The van der Waals surface area contributed by atoms with Crippen LogP contribution in [-0.2, 0) is 9.59 Å². The molecule has 0 aromatic heterocycles. The lowest BCUT2D eigenvalue weighted by Gasteiger charge is -2.41. The number of nitrogens with two attached hydrogens (primary N) is 1. The molecule has 2 aliphatic rings. The summed E-state index contributed by atoms with van der Waals surface area (Å²) in [6.45, 7) is 3.17. The minimum atomic E-state index is -0.803. The molecule has 1 aliphatic carbocycles. The molecule has 17 heavy (non-hydrogen) atoms. The van der Waals surface area contributed by atoms with E-state index < -0.39 is 11.9 Å². The van der Waals surface area contributed by atoms with Crippen molar-refractivity contribution in [2.24, 2.45) is 23.0 Å². The maximum Gasteiger partial charge on any atom is 0.308 e. The molecule has 1 aliphatic heterocycles. The first-order chi connectivity index (χ1) is 8.00. The first-order valence-corrected chi connectivity index (χ1v) is 6.22. The molecule has 2 atom stereocenters. The quantitative estimate of drug-likeness (QED) is 0.743. The van der Waals surface area contributed by atoms with E-state index in [-0.39, 0.29) is 17.2 Å². The third kappa shape index (κ3) is 1.92. The molecule has 0 spiro atoms. The molecule has 1 saturated heterocycles. The van der Waals surface area contributed by atoms with Gasteiger partial charge >= 0.3 is 5.97 Å². The van der Waals surface area contributed by atoms with Crippen molar-refractivity contribution in [3.8, 4) is 0 Å². The van der Waals surface area contributed by atoms with Crippen molar-refractivity contribution in [1.29, 1.82) is 0 Å². The van der Waals surface area contributed by atoms with E-state index in [2.05, 4.69) is 0 Å². The fourth-order valence-electron chi connectivity index (χ4n) is 2.90. The van der Waals surface area contributed by atoms with Gasteiger partial charge in [0.1, 0.15) is 0 Å². The fourth-order valence-corrected chi connectivity index (χ4v) is 2.90.